The van der Waals surface area contributed by atoms with Crippen molar-refractivity contribution in [2.24, 2.45) is 0 Å². The third-order valence-corrected chi connectivity index (χ3v) is 5.09. The Morgan fingerprint density at radius 3 is 2.45 bits per heavy atom. The smallest absolute Gasteiger partial charge is 0.158 e. The Morgan fingerprint density at radius 2 is 1.76 bits per heavy atom. The summed E-state index contributed by atoms with van der Waals surface area (Å²) >= 11 is 0. The standard InChI is InChI=1S/C22H23N7/c1-29-9-7-17(8-10-29)27-20-11-21(28-22-15-24-18(12-23)13-25-22)26-14-19(20)16-5-3-2-4-6-16/h2-6,11,13-15,17H,7-10H2,1H3,(H2,25,26,27,28). The van der Waals surface area contributed by atoms with Gasteiger partial charge in [-0.05, 0) is 38.5 Å². The van der Waals surface area contributed by atoms with Gasteiger partial charge in [0.2, 0.25) is 0 Å². The van der Waals surface area contributed by atoms with Gasteiger partial charge in [0.15, 0.2) is 5.69 Å². The van der Waals surface area contributed by atoms with E-state index in [1.54, 1.807) is 0 Å². The first kappa shape index (κ1) is 18.8. The second-order valence-electron chi connectivity index (χ2n) is 7.23. The molecule has 1 aliphatic rings. The van der Waals surface area contributed by atoms with Gasteiger partial charge in [-0.25, -0.2) is 15.0 Å². The minimum atomic E-state index is 0.285. The van der Waals surface area contributed by atoms with Gasteiger partial charge in [0.1, 0.15) is 17.7 Å². The lowest BCUT2D eigenvalue weighted by Gasteiger charge is -2.30. The second-order valence-corrected chi connectivity index (χ2v) is 7.23. The molecule has 7 heteroatoms. The highest BCUT2D eigenvalue weighted by molar-refractivity contribution is 5.79. The van der Waals surface area contributed by atoms with Crippen LogP contribution in [0.4, 0.5) is 17.3 Å². The predicted octanol–water partition coefficient (Wildman–Crippen LogP) is 3.66. The summed E-state index contributed by atoms with van der Waals surface area (Å²) in [5.41, 5.74) is 3.53. The molecule has 7 nitrogen and oxygen atoms in total. The number of hydrogen-bond acceptors (Lipinski definition) is 7. The van der Waals surface area contributed by atoms with Gasteiger partial charge < -0.3 is 15.5 Å². The van der Waals surface area contributed by atoms with Gasteiger partial charge in [-0.1, -0.05) is 30.3 Å². The lowest BCUT2D eigenvalue weighted by molar-refractivity contribution is 0.264. The lowest BCUT2D eigenvalue weighted by Crippen LogP contribution is -2.36. The van der Waals surface area contributed by atoms with Crippen molar-refractivity contribution in [1.29, 1.82) is 5.26 Å². The van der Waals surface area contributed by atoms with Crippen molar-refractivity contribution in [1.82, 2.24) is 19.9 Å². The zero-order chi connectivity index (χ0) is 20.1. The van der Waals surface area contributed by atoms with E-state index in [1.807, 2.05) is 36.5 Å². The molecule has 0 atom stereocenters. The van der Waals surface area contributed by atoms with Gasteiger partial charge in [0.25, 0.3) is 0 Å². The van der Waals surface area contributed by atoms with Crippen LogP contribution in [-0.4, -0.2) is 46.0 Å². The maximum Gasteiger partial charge on any atom is 0.158 e. The van der Waals surface area contributed by atoms with Crippen LogP contribution in [0.3, 0.4) is 0 Å². The Hall–Kier alpha value is -3.50. The Balaban J connectivity index is 1.61. The van der Waals surface area contributed by atoms with Gasteiger partial charge in [0.05, 0.1) is 12.4 Å². The zero-order valence-electron chi connectivity index (χ0n) is 16.3. The summed E-state index contributed by atoms with van der Waals surface area (Å²) in [6.45, 7) is 2.19. The van der Waals surface area contributed by atoms with Gasteiger partial charge in [-0.2, -0.15) is 5.26 Å². The molecule has 0 saturated carbocycles. The second kappa shape index (κ2) is 8.67. The van der Waals surface area contributed by atoms with E-state index in [2.05, 4.69) is 49.7 Å². The topological polar surface area (TPSA) is 89.8 Å². The minimum Gasteiger partial charge on any atom is -0.382 e. The molecule has 0 aliphatic carbocycles. The maximum atomic E-state index is 8.87. The Bertz CT molecular complexity index is 988. The van der Waals surface area contributed by atoms with Crippen molar-refractivity contribution in [3.8, 4) is 17.2 Å². The Labute approximate surface area is 170 Å². The van der Waals surface area contributed by atoms with E-state index in [1.165, 1.54) is 12.4 Å². The van der Waals surface area contributed by atoms with Gasteiger partial charge in [-0.3, -0.25) is 0 Å². The van der Waals surface area contributed by atoms with Crippen molar-refractivity contribution in [2.45, 2.75) is 18.9 Å². The predicted molar refractivity (Wildman–Crippen MR) is 114 cm³/mol. The first-order valence-corrected chi connectivity index (χ1v) is 9.71. The van der Waals surface area contributed by atoms with E-state index < -0.39 is 0 Å². The van der Waals surface area contributed by atoms with Crippen LogP contribution in [0.5, 0.6) is 0 Å². The number of likely N-dealkylation sites (tertiary alicyclic amines) is 1. The van der Waals surface area contributed by atoms with Crippen LogP contribution in [0, 0.1) is 11.3 Å². The molecule has 1 saturated heterocycles. The van der Waals surface area contributed by atoms with Gasteiger partial charge in [-0.15, -0.1) is 0 Å². The molecule has 1 aromatic carbocycles. The van der Waals surface area contributed by atoms with Crippen LogP contribution in [0.2, 0.25) is 0 Å². The molecule has 29 heavy (non-hydrogen) atoms. The van der Waals surface area contributed by atoms with E-state index in [0.717, 1.165) is 42.7 Å². The van der Waals surface area contributed by atoms with E-state index in [-0.39, 0.29) is 5.69 Å². The van der Waals surface area contributed by atoms with Crippen LogP contribution < -0.4 is 10.6 Å². The summed E-state index contributed by atoms with van der Waals surface area (Å²) < 4.78 is 0. The number of nitrogens with one attached hydrogen (secondary N) is 2. The van der Waals surface area contributed by atoms with Crippen LogP contribution >= 0.6 is 0 Å². The molecule has 3 heterocycles. The lowest BCUT2D eigenvalue weighted by atomic mass is 10.0. The molecule has 2 N–H and O–H groups in total. The highest BCUT2D eigenvalue weighted by Crippen LogP contribution is 2.31. The molecule has 146 valence electrons. The van der Waals surface area contributed by atoms with Gasteiger partial charge >= 0.3 is 0 Å². The summed E-state index contributed by atoms with van der Waals surface area (Å²) in [6, 6.07) is 14.7. The summed E-state index contributed by atoms with van der Waals surface area (Å²) in [5.74, 6) is 1.23. The van der Waals surface area contributed by atoms with Crippen molar-refractivity contribution < 1.29 is 0 Å². The largest absolute Gasteiger partial charge is 0.382 e. The number of nitrogens with zero attached hydrogens (tertiary/aromatic N) is 5. The number of anilines is 3. The fraction of sp³-hybridized carbons (Fsp3) is 0.273. The first-order chi connectivity index (χ1) is 14.2. The molecular formula is C22H23N7. The molecule has 3 aromatic rings. The summed E-state index contributed by atoms with van der Waals surface area (Å²) in [7, 11) is 2.17. The molecule has 1 fully saturated rings. The minimum absolute atomic E-state index is 0.285. The molecule has 0 amide bonds. The number of piperidine rings is 1. The van der Waals surface area contributed by atoms with Crippen LogP contribution in [0.15, 0.2) is 55.0 Å². The van der Waals surface area contributed by atoms with E-state index >= 15 is 0 Å². The number of hydrogen-bond donors (Lipinski definition) is 2. The monoisotopic (exact) mass is 385 g/mol. The SMILES string of the molecule is CN1CCC(Nc2cc(Nc3cnc(C#N)cn3)ncc2-c2ccccc2)CC1. The third-order valence-electron chi connectivity index (χ3n) is 5.09. The Morgan fingerprint density at radius 1 is 1.00 bits per heavy atom. The van der Waals surface area contributed by atoms with Crippen molar-refractivity contribution in [3.05, 3.63) is 60.7 Å². The summed E-state index contributed by atoms with van der Waals surface area (Å²) in [4.78, 5) is 15.2. The van der Waals surface area contributed by atoms with E-state index in [4.69, 9.17) is 5.26 Å². The number of pyridine rings is 1. The molecule has 0 spiro atoms. The van der Waals surface area contributed by atoms with Crippen molar-refractivity contribution in [2.75, 3.05) is 30.8 Å². The molecule has 0 radical (unpaired) electrons. The first-order valence-electron chi connectivity index (χ1n) is 9.71. The van der Waals surface area contributed by atoms with Gasteiger partial charge in [0, 0.05) is 29.6 Å². The molecule has 1 aliphatic heterocycles. The van der Waals surface area contributed by atoms with Crippen LogP contribution in [-0.2, 0) is 0 Å². The van der Waals surface area contributed by atoms with Crippen molar-refractivity contribution >= 4 is 17.3 Å². The maximum absolute atomic E-state index is 8.87. The quantitative estimate of drug-likeness (QED) is 0.693. The molecule has 0 unspecified atom stereocenters. The number of nitriles is 1. The highest BCUT2D eigenvalue weighted by Gasteiger charge is 2.18. The summed E-state index contributed by atoms with van der Waals surface area (Å²) in [6.07, 6.45) is 7.08. The fourth-order valence-electron chi connectivity index (χ4n) is 3.45. The number of rotatable bonds is 5. The average molecular weight is 385 g/mol. The number of benzene rings is 1. The Kier molecular flexibility index (Phi) is 5.63. The third kappa shape index (κ3) is 4.68. The normalized spacial score (nSPS) is 14.9. The highest BCUT2D eigenvalue weighted by atomic mass is 15.1. The van der Waals surface area contributed by atoms with E-state index in [0.29, 0.717) is 17.7 Å². The zero-order valence-corrected chi connectivity index (χ0v) is 16.3. The van der Waals surface area contributed by atoms with E-state index in [9.17, 15) is 0 Å². The fourth-order valence-corrected chi connectivity index (χ4v) is 3.45. The molecule has 2 aromatic heterocycles. The average Bonchev–Trinajstić information content (AvgIpc) is 2.77. The number of aromatic nitrogens is 3. The summed E-state index contributed by atoms with van der Waals surface area (Å²) in [5, 5.41) is 15.8. The molecule has 0 bridgehead atoms. The van der Waals surface area contributed by atoms with Crippen molar-refractivity contribution in [3.63, 3.8) is 0 Å². The molecular weight excluding hydrogens is 362 g/mol. The van der Waals surface area contributed by atoms with Crippen LogP contribution in [0.1, 0.15) is 18.5 Å². The molecule has 4 rings (SSSR count). The van der Waals surface area contributed by atoms with Crippen LogP contribution in [0.25, 0.3) is 11.1 Å².